The van der Waals surface area contributed by atoms with Crippen molar-refractivity contribution in [2.45, 2.75) is 24.4 Å². The molecule has 1 fully saturated rings. The summed E-state index contributed by atoms with van der Waals surface area (Å²) in [7, 11) is 6.51. The number of piperazine rings is 1. The number of thioether (sulfide) groups is 1. The van der Waals surface area contributed by atoms with Crippen LogP contribution in [-0.2, 0) is 6.54 Å². The predicted octanol–water partition coefficient (Wildman–Crippen LogP) is 2.67. The van der Waals surface area contributed by atoms with Gasteiger partial charge >= 0.3 is 0 Å². The fraction of sp³-hybridized carbons (Fsp3) is 0.632. The van der Waals surface area contributed by atoms with Crippen molar-refractivity contribution in [2.24, 2.45) is 4.99 Å². The Morgan fingerprint density at radius 2 is 1.96 bits per heavy atom. The molecule has 0 bridgehead atoms. The molecule has 1 unspecified atom stereocenters. The van der Waals surface area contributed by atoms with Crippen LogP contribution in [0.3, 0.4) is 0 Å². The summed E-state index contributed by atoms with van der Waals surface area (Å²) < 4.78 is 0. The summed E-state index contributed by atoms with van der Waals surface area (Å²) in [6.07, 6.45) is 2.11. The number of nitrogens with zero attached hydrogens (tertiary/aromatic N) is 4. The van der Waals surface area contributed by atoms with E-state index in [2.05, 4.69) is 78.6 Å². The van der Waals surface area contributed by atoms with Gasteiger partial charge in [0.15, 0.2) is 5.96 Å². The lowest BCUT2D eigenvalue weighted by Crippen LogP contribution is -2.51. The highest BCUT2D eigenvalue weighted by Crippen LogP contribution is 2.15. The van der Waals surface area contributed by atoms with Crippen molar-refractivity contribution in [1.29, 1.82) is 0 Å². The van der Waals surface area contributed by atoms with Crippen LogP contribution in [0.4, 0.5) is 0 Å². The first-order valence-corrected chi connectivity index (χ1v) is 10.3. The molecule has 0 saturated carbocycles. The molecule has 1 saturated heterocycles. The minimum Gasteiger partial charge on any atom is -0.357 e. The minimum absolute atomic E-state index is 0. The van der Waals surface area contributed by atoms with Gasteiger partial charge < -0.3 is 15.1 Å². The molecule has 1 atom stereocenters. The molecular formula is C19H34IN5S. The Bertz CT molecular complexity index is 551. The highest BCUT2D eigenvalue weighted by atomic mass is 127. The van der Waals surface area contributed by atoms with Gasteiger partial charge in [0.2, 0.25) is 0 Å². The molecule has 148 valence electrons. The first kappa shape index (κ1) is 23.5. The Labute approximate surface area is 180 Å². The molecule has 1 aliphatic heterocycles. The second kappa shape index (κ2) is 12.0. The Balaban J connectivity index is 0.00000338. The lowest BCUT2D eigenvalue weighted by Gasteiger charge is -2.37. The standard InChI is InChI=1S/C19H33N5S.HI/c1-6-20-19(21-13-17-15-22(2)11-12-23(17)3)24(4)14-16-7-9-18(25-5)10-8-16;/h7-10,17H,6,11-15H2,1-5H3,(H,20,21);1H. The molecule has 1 aliphatic rings. The van der Waals surface area contributed by atoms with E-state index >= 15 is 0 Å². The van der Waals surface area contributed by atoms with E-state index in [1.54, 1.807) is 11.8 Å². The van der Waals surface area contributed by atoms with Crippen molar-refractivity contribution in [1.82, 2.24) is 20.0 Å². The van der Waals surface area contributed by atoms with Crippen LogP contribution >= 0.6 is 35.7 Å². The highest BCUT2D eigenvalue weighted by molar-refractivity contribution is 14.0. The van der Waals surface area contributed by atoms with Gasteiger partial charge in [0.05, 0.1) is 6.54 Å². The van der Waals surface area contributed by atoms with E-state index in [0.29, 0.717) is 6.04 Å². The molecular weight excluding hydrogens is 457 g/mol. The Morgan fingerprint density at radius 3 is 2.58 bits per heavy atom. The number of rotatable bonds is 6. The number of benzene rings is 1. The zero-order valence-corrected chi connectivity index (χ0v) is 19.9. The number of halogens is 1. The van der Waals surface area contributed by atoms with E-state index in [4.69, 9.17) is 4.99 Å². The van der Waals surface area contributed by atoms with E-state index in [0.717, 1.165) is 45.2 Å². The molecule has 1 aromatic rings. The highest BCUT2D eigenvalue weighted by Gasteiger charge is 2.22. The van der Waals surface area contributed by atoms with Gasteiger partial charge in [-0.15, -0.1) is 35.7 Å². The van der Waals surface area contributed by atoms with Crippen molar-refractivity contribution in [3.8, 4) is 0 Å². The average molecular weight is 491 g/mol. The van der Waals surface area contributed by atoms with Gasteiger partial charge in [-0.05, 0) is 45.0 Å². The van der Waals surface area contributed by atoms with E-state index in [1.807, 2.05) is 0 Å². The molecule has 7 heteroatoms. The molecule has 1 N–H and O–H groups in total. The predicted molar refractivity (Wildman–Crippen MR) is 125 cm³/mol. The normalized spacial score (nSPS) is 19.1. The van der Waals surface area contributed by atoms with Crippen LogP contribution in [0.15, 0.2) is 34.2 Å². The zero-order chi connectivity index (χ0) is 18.2. The van der Waals surface area contributed by atoms with E-state index in [-0.39, 0.29) is 24.0 Å². The SMILES string of the molecule is CCNC(=NCC1CN(C)CCN1C)N(C)Cc1ccc(SC)cc1.I. The summed E-state index contributed by atoms with van der Waals surface area (Å²) in [6.45, 7) is 8.04. The monoisotopic (exact) mass is 491 g/mol. The maximum Gasteiger partial charge on any atom is 0.194 e. The molecule has 5 nitrogen and oxygen atoms in total. The van der Waals surface area contributed by atoms with E-state index < -0.39 is 0 Å². The summed E-state index contributed by atoms with van der Waals surface area (Å²) >= 11 is 1.78. The molecule has 0 amide bonds. The molecule has 1 aromatic carbocycles. The first-order valence-electron chi connectivity index (χ1n) is 9.04. The van der Waals surface area contributed by atoms with Gasteiger partial charge in [0, 0.05) is 50.7 Å². The lowest BCUT2D eigenvalue weighted by atomic mass is 10.2. The van der Waals surface area contributed by atoms with Crippen LogP contribution in [0, 0.1) is 0 Å². The van der Waals surface area contributed by atoms with Crippen molar-refractivity contribution in [3.05, 3.63) is 29.8 Å². The number of nitrogens with one attached hydrogen (secondary N) is 1. The fourth-order valence-corrected chi connectivity index (χ4v) is 3.45. The Hall–Kier alpha value is -0.510. The quantitative estimate of drug-likeness (QED) is 0.287. The van der Waals surface area contributed by atoms with Gasteiger partial charge in [-0.3, -0.25) is 9.89 Å². The van der Waals surface area contributed by atoms with Crippen LogP contribution in [0.1, 0.15) is 12.5 Å². The third-order valence-electron chi connectivity index (χ3n) is 4.71. The summed E-state index contributed by atoms with van der Waals surface area (Å²) in [5, 5.41) is 3.43. The molecule has 0 radical (unpaired) electrons. The second-order valence-electron chi connectivity index (χ2n) is 6.80. The van der Waals surface area contributed by atoms with E-state index in [9.17, 15) is 0 Å². The zero-order valence-electron chi connectivity index (χ0n) is 16.7. The second-order valence-corrected chi connectivity index (χ2v) is 7.68. The van der Waals surface area contributed by atoms with Crippen molar-refractivity contribution in [2.75, 3.05) is 60.1 Å². The van der Waals surface area contributed by atoms with Gasteiger partial charge in [-0.2, -0.15) is 0 Å². The van der Waals surface area contributed by atoms with Crippen LogP contribution in [0.2, 0.25) is 0 Å². The van der Waals surface area contributed by atoms with Gasteiger partial charge in [-0.25, -0.2) is 0 Å². The van der Waals surface area contributed by atoms with Gasteiger partial charge in [0.1, 0.15) is 0 Å². The summed E-state index contributed by atoms with van der Waals surface area (Å²) in [6, 6.07) is 9.27. The van der Waals surface area contributed by atoms with Crippen molar-refractivity contribution < 1.29 is 0 Å². The number of hydrogen-bond acceptors (Lipinski definition) is 4. The summed E-state index contributed by atoms with van der Waals surface area (Å²) in [5.74, 6) is 0.984. The topological polar surface area (TPSA) is 34.1 Å². The van der Waals surface area contributed by atoms with Crippen LogP contribution in [0.25, 0.3) is 0 Å². The third kappa shape index (κ3) is 7.25. The van der Waals surface area contributed by atoms with Crippen LogP contribution in [0.5, 0.6) is 0 Å². The maximum absolute atomic E-state index is 4.91. The summed E-state index contributed by atoms with van der Waals surface area (Å²) in [4.78, 5) is 13.2. The van der Waals surface area contributed by atoms with Crippen molar-refractivity contribution >= 4 is 41.7 Å². The molecule has 0 aliphatic carbocycles. The molecule has 1 heterocycles. The largest absolute Gasteiger partial charge is 0.357 e. The van der Waals surface area contributed by atoms with Crippen LogP contribution in [-0.4, -0.2) is 86.8 Å². The van der Waals surface area contributed by atoms with Gasteiger partial charge in [-0.1, -0.05) is 12.1 Å². The number of aliphatic imine (C=N–C) groups is 1. The molecule has 0 spiro atoms. The lowest BCUT2D eigenvalue weighted by molar-refractivity contribution is 0.119. The van der Waals surface area contributed by atoms with E-state index in [1.165, 1.54) is 10.5 Å². The molecule has 2 rings (SSSR count). The Kier molecular flexibility index (Phi) is 10.9. The van der Waals surface area contributed by atoms with Crippen LogP contribution < -0.4 is 5.32 Å². The number of guanidine groups is 1. The fourth-order valence-electron chi connectivity index (χ4n) is 3.04. The Morgan fingerprint density at radius 1 is 1.27 bits per heavy atom. The smallest absolute Gasteiger partial charge is 0.194 e. The van der Waals surface area contributed by atoms with Crippen molar-refractivity contribution in [3.63, 3.8) is 0 Å². The summed E-state index contributed by atoms with van der Waals surface area (Å²) in [5.41, 5.74) is 1.31. The third-order valence-corrected chi connectivity index (χ3v) is 5.45. The number of hydrogen-bond donors (Lipinski definition) is 1. The minimum atomic E-state index is 0. The number of likely N-dealkylation sites (N-methyl/N-ethyl adjacent to an activating group) is 2. The molecule has 0 aromatic heterocycles. The maximum atomic E-state index is 4.91. The first-order chi connectivity index (χ1) is 12.0. The molecule has 26 heavy (non-hydrogen) atoms. The van der Waals surface area contributed by atoms with Gasteiger partial charge in [0.25, 0.3) is 0 Å². The average Bonchev–Trinajstić information content (AvgIpc) is 2.61.